The minimum atomic E-state index is 0.158. The molecule has 0 bridgehead atoms. The molecule has 0 radical (unpaired) electrons. The Bertz CT molecular complexity index is 2560. The van der Waals surface area contributed by atoms with E-state index in [9.17, 15) is 0 Å². The fourth-order valence-corrected chi connectivity index (χ4v) is 29.7. The molecule has 14 fully saturated rings. The van der Waals surface area contributed by atoms with Crippen LogP contribution in [0.2, 0.25) is 0 Å². The average molecular weight is 1280 g/mol. The summed E-state index contributed by atoms with van der Waals surface area (Å²) >= 11 is 0. The maximum atomic E-state index is 6.99. The van der Waals surface area contributed by atoms with E-state index in [1.165, 1.54) is 206 Å². The quantitative estimate of drug-likeness (QED) is 0.241. The lowest BCUT2D eigenvalue weighted by Crippen LogP contribution is -2.52. The largest absolute Gasteiger partial charge is 0.373 e. The molecule has 5 heterocycles. The molecule has 530 valence electrons. The van der Waals surface area contributed by atoms with Gasteiger partial charge in [-0.25, -0.2) is 0 Å². The number of allylic oxidation sites excluding steroid dienone is 6. The summed E-state index contributed by atoms with van der Waals surface area (Å²) in [5, 5.41) is 11.6. The number of hydrogen-bond acceptors (Lipinski definition) is 5. The second-order valence-electron chi connectivity index (χ2n) is 37.6. The zero-order valence-corrected chi connectivity index (χ0v) is 64.3. The average Bonchev–Trinajstić information content (AvgIpc) is 1.57. The molecule has 31 atom stereocenters. The van der Waals surface area contributed by atoms with E-state index in [1.807, 2.05) is 58.3 Å². The highest BCUT2D eigenvalue weighted by Crippen LogP contribution is 2.72. The zero-order valence-electron chi connectivity index (χ0n) is 64.3. The number of ether oxygens (including phenoxy) is 2. The van der Waals surface area contributed by atoms with Crippen molar-refractivity contribution in [3.8, 4) is 0 Å². The monoisotopic (exact) mass is 1280 g/mol. The maximum Gasteiger partial charge on any atom is 0.0737 e. The SMILES string of the molecule is CC.CC.CC.CC1C2C(CCC(CC3CCCCN3)[C@@H]2C)C2CC=C3C[C@@H](C)CC[C@]3(C)C12.CC1C2C(CC[C@@]3(C[C@@H]4NCCC[C@H]4O3)[C@@H]2C)C2CC=C3C[C@@H](C)CC[C@]3(C)C12.CC1C2C(CC[C@@]3(C[C@@]4(CCCCN4)CO3)[C@@H]2C)C2CC=C3C[C@@H](C)CC[C@]3(C)C12. The van der Waals surface area contributed by atoms with Crippen LogP contribution in [0.15, 0.2) is 34.9 Å². The lowest BCUT2D eigenvalue weighted by atomic mass is 9.54. The zero-order chi connectivity index (χ0) is 66.2. The van der Waals surface area contributed by atoms with Crippen LogP contribution in [0.1, 0.15) is 311 Å². The molecule has 5 nitrogen and oxygen atoms in total. The molecule has 5 aliphatic heterocycles. The number of rotatable bonds is 2. The molecule has 3 spiro atoms. The molecule has 17 aliphatic rings. The molecule has 5 saturated heterocycles. The van der Waals surface area contributed by atoms with Crippen LogP contribution in [0, 0.1) is 146 Å². The molecule has 17 rings (SSSR count). The van der Waals surface area contributed by atoms with Crippen molar-refractivity contribution in [2.24, 2.45) is 146 Å². The second-order valence-corrected chi connectivity index (χ2v) is 37.6. The van der Waals surface area contributed by atoms with Crippen LogP contribution in [0.5, 0.6) is 0 Å². The van der Waals surface area contributed by atoms with Crippen molar-refractivity contribution in [3.05, 3.63) is 34.9 Å². The van der Waals surface area contributed by atoms with Gasteiger partial charge >= 0.3 is 0 Å². The molecule has 0 aromatic heterocycles. The van der Waals surface area contributed by atoms with Crippen LogP contribution in [0.4, 0.5) is 0 Å². The first-order chi connectivity index (χ1) is 44.8. The Kier molecular flexibility index (Phi) is 22.2. The van der Waals surface area contributed by atoms with Crippen molar-refractivity contribution in [1.82, 2.24) is 16.0 Å². The van der Waals surface area contributed by atoms with E-state index < -0.39 is 0 Å². The Morgan fingerprint density at radius 3 is 1.42 bits per heavy atom. The first-order valence-corrected chi connectivity index (χ1v) is 42.4. The summed E-state index contributed by atoms with van der Waals surface area (Å²) in [7, 11) is 0. The van der Waals surface area contributed by atoms with Gasteiger partial charge in [-0.05, 0) is 339 Å². The van der Waals surface area contributed by atoms with Gasteiger partial charge in [-0.2, -0.15) is 0 Å². The van der Waals surface area contributed by atoms with Crippen LogP contribution in [-0.4, -0.2) is 61.2 Å². The molecule has 0 amide bonds. The van der Waals surface area contributed by atoms with Gasteiger partial charge < -0.3 is 25.4 Å². The normalized spacial score (nSPS) is 53.4. The highest BCUT2D eigenvalue weighted by molar-refractivity contribution is 5.30. The fraction of sp³-hybridized carbons (Fsp3) is 0.932. The van der Waals surface area contributed by atoms with Crippen LogP contribution >= 0.6 is 0 Å². The molecule has 93 heavy (non-hydrogen) atoms. The number of fused-ring (bicyclic) bond motifs is 16. The molecule has 3 N–H and O–H groups in total. The summed E-state index contributed by atoms with van der Waals surface area (Å²) in [4.78, 5) is 0. The van der Waals surface area contributed by atoms with Crippen molar-refractivity contribution in [3.63, 3.8) is 0 Å². The van der Waals surface area contributed by atoms with Gasteiger partial charge in [0, 0.05) is 17.6 Å². The molecule has 17 unspecified atom stereocenters. The number of piperidine rings is 3. The summed E-state index contributed by atoms with van der Waals surface area (Å²) in [6, 6.07) is 1.45. The van der Waals surface area contributed by atoms with Gasteiger partial charge in [-0.3, -0.25) is 0 Å². The maximum absolute atomic E-state index is 6.99. The minimum Gasteiger partial charge on any atom is -0.373 e. The van der Waals surface area contributed by atoms with Crippen molar-refractivity contribution in [1.29, 1.82) is 0 Å². The van der Waals surface area contributed by atoms with Gasteiger partial charge in [0.1, 0.15) is 0 Å². The van der Waals surface area contributed by atoms with Gasteiger partial charge in [0.05, 0.1) is 23.9 Å². The Labute approximate surface area is 575 Å². The van der Waals surface area contributed by atoms with E-state index in [0.717, 1.165) is 143 Å². The summed E-state index contributed by atoms with van der Waals surface area (Å²) in [6.07, 6.45) is 49.2. The smallest absolute Gasteiger partial charge is 0.0737 e. The first-order valence-electron chi connectivity index (χ1n) is 42.4. The first kappa shape index (κ1) is 71.8. The van der Waals surface area contributed by atoms with Crippen molar-refractivity contribution >= 4 is 0 Å². The standard InChI is InChI=1S/C28H45NO.C27H43NO.C27H45N.3C2H6/c1-18-9-12-26(4)21(15-18)7-8-23-22-10-13-28(20(3)24(22)19(2)25(23)26)16-27(17-30-28)11-5-6-14-29-27;1-16-9-11-26(4)19(14-16)7-8-21-20-10-12-27(18(3)24(20)17(2)25(21)26)15-22-23(29-27)6-5-13-28-22;1-17-12-13-27(4)21(15-17)9-11-24-23-10-8-20(16-22-7-5-6-14-28-22)18(2)25(23)19(3)26(24)27;3*1-2/h7,18-20,22-25,29H,5-6,8-17H2,1-4H3;7,16-18,20-25,28H,5-6,8-15H2,1-4H3;9,17-20,22-26,28H,5-8,10-16H2,1-4H3;3*1-2H3/t18-,19?,20+,22?,23?,24?,25?,26-,27-,28+;16-,17?,18+,20?,21?,22-,23+,24?,25?,26-,27+;17-,18-,19?,20?,22?,23?,24?,25?,26?,27-;;;/m000.../s1. The van der Waals surface area contributed by atoms with Gasteiger partial charge in [0.25, 0.3) is 0 Å². The fourth-order valence-electron chi connectivity index (χ4n) is 29.7. The topological polar surface area (TPSA) is 54.5 Å². The van der Waals surface area contributed by atoms with Crippen LogP contribution in [0.25, 0.3) is 0 Å². The van der Waals surface area contributed by atoms with Gasteiger partial charge in [-0.1, -0.05) is 172 Å². The predicted molar refractivity (Wildman–Crippen MR) is 395 cm³/mol. The lowest BCUT2D eigenvalue weighted by Gasteiger charge is -2.50. The molecule has 9 saturated carbocycles. The molecule has 12 aliphatic carbocycles. The van der Waals surface area contributed by atoms with Gasteiger partial charge in [0.15, 0.2) is 0 Å². The third-order valence-corrected chi connectivity index (χ3v) is 33.7. The summed E-state index contributed by atoms with van der Waals surface area (Å²) in [5.41, 5.74) is 7.70. The van der Waals surface area contributed by atoms with Gasteiger partial charge in [0.2, 0.25) is 0 Å². The van der Waals surface area contributed by atoms with Crippen molar-refractivity contribution < 1.29 is 9.47 Å². The third-order valence-electron chi connectivity index (χ3n) is 33.7. The third kappa shape index (κ3) is 12.4. The lowest BCUT2D eigenvalue weighted by molar-refractivity contribution is -0.131. The summed E-state index contributed by atoms with van der Waals surface area (Å²) < 4.78 is 13.9. The van der Waals surface area contributed by atoms with E-state index in [2.05, 4.69) is 117 Å². The molecule has 5 heteroatoms. The Hall–Kier alpha value is -0.980. The van der Waals surface area contributed by atoms with E-state index in [0.29, 0.717) is 33.9 Å². The Morgan fingerprint density at radius 2 is 0.925 bits per heavy atom. The second kappa shape index (κ2) is 28.8. The molecular formula is C88H151N3O2. The molecule has 0 aromatic carbocycles. The van der Waals surface area contributed by atoms with E-state index in [1.54, 1.807) is 0 Å². The summed E-state index contributed by atoms with van der Waals surface area (Å²) in [5.74, 6) is 20.1. The van der Waals surface area contributed by atoms with Crippen LogP contribution < -0.4 is 16.0 Å². The molecule has 0 aromatic rings. The van der Waals surface area contributed by atoms with E-state index >= 15 is 0 Å². The van der Waals surface area contributed by atoms with Crippen molar-refractivity contribution in [2.45, 2.75) is 346 Å². The minimum absolute atomic E-state index is 0.158. The van der Waals surface area contributed by atoms with Crippen LogP contribution in [-0.2, 0) is 9.47 Å². The molecular weight excluding hydrogens is 1130 g/mol. The van der Waals surface area contributed by atoms with E-state index in [4.69, 9.17) is 9.47 Å². The number of nitrogens with one attached hydrogen (secondary N) is 3. The van der Waals surface area contributed by atoms with E-state index in [-0.39, 0.29) is 11.2 Å². The van der Waals surface area contributed by atoms with Gasteiger partial charge in [-0.15, -0.1) is 0 Å². The number of hydrogen-bond donors (Lipinski definition) is 3. The summed E-state index contributed by atoms with van der Waals surface area (Å²) in [6.45, 7) is 48.0. The Balaban J connectivity index is 0.000000129. The van der Waals surface area contributed by atoms with Crippen LogP contribution in [0.3, 0.4) is 0 Å². The van der Waals surface area contributed by atoms with Crippen molar-refractivity contribution in [2.75, 3.05) is 26.2 Å². The Morgan fingerprint density at radius 1 is 0.441 bits per heavy atom. The highest BCUT2D eigenvalue weighted by Gasteiger charge is 2.67. The highest BCUT2D eigenvalue weighted by atomic mass is 16.5. The predicted octanol–water partition coefficient (Wildman–Crippen LogP) is 22.2.